The highest BCUT2D eigenvalue weighted by molar-refractivity contribution is 5.67. The van der Waals surface area contributed by atoms with Crippen LogP contribution >= 0.6 is 0 Å². The Morgan fingerprint density at radius 1 is 1.77 bits per heavy atom. The molecule has 0 saturated carbocycles. The number of hydrogen-bond acceptors (Lipinski definition) is 4. The van der Waals surface area contributed by atoms with Crippen LogP contribution in [0.4, 0.5) is 0 Å². The summed E-state index contributed by atoms with van der Waals surface area (Å²) in [5, 5.41) is 11.6. The largest absolute Gasteiger partial charge is 0.480 e. The smallest absolute Gasteiger partial charge is 0.329 e. The third kappa shape index (κ3) is 4.21. The number of nitrogens with zero attached hydrogens (tertiary/aromatic N) is 1. The monoisotopic (exact) mass is 188 g/mol. The van der Waals surface area contributed by atoms with Crippen LogP contribution in [-0.2, 0) is 9.53 Å². The lowest BCUT2D eigenvalue weighted by Gasteiger charge is -2.30. The third-order valence-corrected chi connectivity index (χ3v) is 2.00. The number of aliphatic carboxylic acids is 1. The number of carboxylic acid groups (broad SMARTS) is 1. The number of carbonyl (C=O) groups is 1. The lowest BCUT2D eigenvalue weighted by atomic mass is 10.2. The summed E-state index contributed by atoms with van der Waals surface area (Å²) in [7, 11) is 2.05. The fourth-order valence-electron chi connectivity index (χ4n) is 1.39. The molecule has 1 aliphatic rings. The number of nitrogens with one attached hydrogen (secondary N) is 1. The molecule has 5 nitrogen and oxygen atoms in total. The molecule has 0 aromatic carbocycles. The second kappa shape index (κ2) is 5.16. The maximum atomic E-state index is 10.1. The lowest BCUT2D eigenvalue weighted by molar-refractivity contribution is -0.142. The van der Waals surface area contributed by atoms with Crippen molar-refractivity contribution in [3.05, 3.63) is 0 Å². The topological polar surface area (TPSA) is 61.8 Å². The SMILES string of the molecule is CN1CCNC(COCC(=O)O)C1. The fourth-order valence-corrected chi connectivity index (χ4v) is 1.39. The number of piperazine rings is 1. The molecule has 0 radical (unpaired) electrons. The molecule has 1 rings (SSSR count). The molecule has 0 aromatic rings. The van der Waals surface area contributed by atoms with Crippen molar-refractivity contribution in [2.45, 2.75) is 6.04 Å². The van der Waals surface area contributed by atoms with Gasteiger partial charge in [-0.3, -0.25) is 0 Å². The van der Waals surface area contributed by atoms with Gasteiger partial charge in [0.25, 0.3) is 0 Å². The molecule has 1 saturated heterocycles. The normalized spacial score (nSPS) is 24.5. The Bertz CT molecular complexity index is 175. The van der Waals surface area contributed by atoms with Crippen LogP contribution in [0.3, 0.4) is 0 Å². The van der Waals surface area contributed by atoms with Gasteiger partial charge in [-0.15, -0.1) is 0 Å². The maximum absolute atomic E-state index is 10.1. The van der Waals surface area contributed by atoms with E-state index >= 15 is 0 Å². The summed E-state index contributed by atoms with van der Waals surface area (Å²) >= 11 is 0. The van der Waals surface area contributed by atoms with Crippen LogP contribution in [-0.4, -0.2) is 61.9 Å². The second-order valence-corrected chi connectivity index (χ2v) is 3.32. The Morgan fingerprint density at radius 3 is 3.15 bits per heavy atom. The van der Waals surface area contributed by atoms with Crippen LogP contribution in [0.25, 0.3) is 0 Å². The number of ether oxygens (including phenoxy) is 1. The Kier molecular flexibility index (Phi) is 4.14. The lowest BCUT2D eigenvalue weighted by Crippen LogP contribution is -2.51. The summed E-state index contributed by atoms with van der Waals surface area (Å²) < 4.78 is 4.99. The van der Waals surface area contributed by atoms with Crippen molar-refractivity contribution in [3.63, 3.8) is 0 Å². The summed E-state index contributed by atoms with van der Waals surface area (Å²) in [4.78, 5) is 12.3. The molecule has 76 valence electrons. The van der Waals surface area contributed by atoms with Gasteiger partial charge in [0.1, 0.15) is 6.61 Å². The van der Waals surface area contributed by atoms with E-state index in [1.807, 2.05) is 7.05 Å². The standard InChI is InChI=1S/C8H16N2O3/c1-10-3-2-9-7(4-10)5-13-6-8(11)12/h7,9H,2-6H2,1H3,(H,11,12). The molecule has 2 N–H and O–H groups in total. The molecule has 5 heteroatoms. The Labute approximate surface area is 77.7 Å². The highest BCUT2D eigenvalue weighted by Gasteiger charge is 2.16. The molecule has 0 bridgehead atoms. The summed E-state index contributed by atoms with van der Waals surface area (Å²) in [6, 6.07) is 0.262. The van der Waals surface area contributed by atoms with Crippen LogP contribution in [0.15, 0.2) is 0 Å². The van der Waals surface area contributed by atoms with E-state index in [1.165, 1.54) is 0 Å². The molecular weight excluding hydrogens is 172 g/mol. The van der Waals surface area contributed by atoms with E-state index in [-0.39, 0.29) is 12.6 Å². The number of hydrogen-bond donors (Lipinski definition) is 2. The van der Waals surface area contributed by atoms with E-state index in [4.69, 9.17) is 9.84 Å². The van der Waals surface area contributed by atoms with Gasteiger partial charge in [-0.05, 0) is 7.05 Å². The van der Waals surface area contributed by atoms with Gasteiger partial charge in [0.15, 0.2) is 0 Å². The minimum atomic E-state index is -0.913. The van der Waals surface area contributed by atoms with Gasteiger partial charge in [-0.1, -0.05) is 0 Å². The maximum Gasteiger partial charge on any atom is 0.329 e. The van der Waals surface area contributed by atoms with Crippen molar-refractivity contribution in [1.82, 2.24) is 10.2 Å². The van der Waals surface area contributed by atoms with Crippen molar-refractivity contribution in [3.8, 4) is 0 Å². The zero-order valence-electron chi connectivity index (χ0n) is 7.82. The van der Waals surface area contributed by atoms with Gasteiger partial charge in [0, 0.05) is 25.7 Å². The first-order valence-corrected chi connectivity index (χ1v) is 4.40. The first kappa shape index (κ1) is 10.4. The highest BCUT2D eigenvalue weighted by Crippen LogP contribution is 1.96. The number of carboxylic acids is 1. The van der Waals surface area contributed by atoms with Gasteiger partial charge >= 0.3 is 5.97 Å². The van der Waals surface area contributed by atoms with Crippen LogP contribution in [0.2, 0.25) is 0 Å². The van der Waals surface area contributed by atoms with Crippen LogP contribution in [0.1, 0.15) is 0 Å². The summed E-state index contributed by atoms with van der Waals surface area (Å²) in [5.41, 5.74) is 0. The second-order valence-electron chi connectivity index (χ2n) is 3.32. The van der Waals surface area contributed by atoms with Crippen LogP contribution in [0.5, 0.6) is 0 Å². The molecule has 0 aliphatic carbocycles. The van der Waals surface area contributed by atoms with Crippen LogP contribution in [0, 0.1) is 0 Å². The Hall–Kier alpha value is -0.650. The minimum Gasteiger partial charge on any atom is -0.480 e. The Morgan fingerprint density at radius 2 is 2.54 bits per heavy atom. The molecule has 0 amide bonds. The van der Waals surface area contributed by atoms with E-state index in [1.54, 1.807) is 0 Å². The van der Waals surface area contributed by atoms with Gasteiger partial charge in [0.2, 0.25) is 0 Å². The fraction of sp³-hybridized carbons (Fsp3) is 0.875. The predicted octanol–water partition coefficient (Wildman–Crippen LogP) is -1.01. The van der Waals surface area contributed by atoms with E-state index in [0.717, 1.165) is 19.6 Å². The van der Waals surface area contributed by atoms with Crippen molar-refractivity contribution >= 4 is 5.97 Å². The molecule has 0 aromatic heterocycles. The van der Waals surface area contributed by atoms with E-state index in [2.05, 4.69) is 10.2 Å². The van der Waals surface area contributed by atoms with Gasteiger partial charge in [0.05, 0.1) is 6.61 Å². The molecule has 1 atom stereocenters. The van der Waals surface area contributed by atoms with Gasteiger partial charge in [-0.25, -0.2) is 4.79 Å². The molecule has 1 heterocycles. The third-order valence-electron chi connectivity index (χ3n) is 2.00. The van der Waals surface area contributed by atoms with Crippen molar-refractivity contribution < 1.29 is 14.6 Å². The molecule has 1 fully saturated rings. The number of likely N-dealkylation sites (N-methyl/N-ethyl adjacent to an activating group) is 1. The predicted molar refractivity (Wildman–Crippen MR) is 47.7 cm³/mol. The van der Waals surface area contributed by atoms with Crippen molar-refractivity contribution in [2.24, 2.45) is 0 Å². The summed E-state index contributed by atoms with van der Waals surface area (Å²) in [6.45, 7) is 3.16. The minimum absolute atomic E-state index is 0.206. The average molecular weight is 188 g/mol. The summed E-state index contributed by atoms with van der Waals surface area (Å²) in [6.07, 6.45) is 0. The Balaban J connectivity index is 2.10. The highest BCUT2D eigenvalue weighted by atomic mass is 16.5. The number of rotatable bonds is 4. The molecule has 1 aliphatic heterocycles. The molecule has 0 spiro atoms. The van der Waals surface area contributed by atoms with Crippen LogP contribution < -0.4 is 5.32 Å². The van der Waals surface area contributed by atoms with E-state index in [9.17, 15) is 4.79 Å². The average Bonchev–Trinajstić information content (AvgIpc) is 2.03. The van der Waals surface area contributed by atoms with E-state index in [0.29, 0.717) is 6.61 Å². The quantitative estimate of drug-likeness (QED) is 0.592. The summed E-state index contributed by atoms with van der Waals surface area (Å²) in [5.74, 6) is -0.913. The van der Waals surface area contributed by atoms with Gasteiger partial charge < -0.3 is 20.1 Å². The molecule has 1 unspecified atom stereocenters. The first-order valence-electron chi connectivity index (χ1n) is 4.40. The zero-order chi connectivity index (χ0) is 9.68. The first-order chi connectivity index (χ1) is 6.18. The van der Waals surface area contributed by atoms with Crippen molar-refractivity contribution in [1.29, 1.82) is 0 Å². The van der Waals surface area contributed by atoms with Crippen molar-refractivity contribution in [2.75, 3.05) is 39.9 Å². The molecule has 13 heavy (non-hydrogen) atoms. The zero-order valence-corrected chi connectivity index (χ0v) is 7.82. The molecular formula is C8H16N2O3. The van der Waals surface area contributed by atoms with Gasteiger partial charge in [-0.2, -0.15) is 0 Å². The van der Waals surface area contributed by atoms with E-state index < -0.39 is 5.97 Å².